The van der Waals surface area contributed by atoms with Crippen LogP contribution in [0.25, 0.3) is 56.2 Å². The van der Waals surface area contributed by atoms with Crippen LogP contribution < -0.4 is 0 Å². The Balaban J connectivity index is 1.07. The van der Waals surface area contributed by atoms with Crippen molar-refractivity contribution < 1.29 is 0 Å². The molecule has 2 aliphatic rings. The molecule has 0 unspecified atom stereocenters. The van der Waals surface area contributed by atoms with Crippen LogP contribution in [-0.4, -0.2) is 9.97 Å². The molecule has 62 heavy (non-hydrogen) atoms. The summed E-state index contributed by atoms with van der Waals surface area (Å²) in [7, 11) is 0. The maximum atomic E-state index is 5.36. The lowest BCUT2D eigenvalue weighted by molar-refractivity contribution is 0.768. The first-order chi connectivity index (χ1) is 30.7. The monoisotopic (exact) mass is 788 g/mol. The second-order valence-electron chi connectivity index (χ2n) is 16.4. The van der Waals surface area contributed by atoms with Crippen LogP contribution in [0.3, 0.4) is 0 Å². The quantitative estimate of drug-likeness (QED) is 0.161. The Kier molecular flexibility index (Phi) is 8.33. The van der Waals surface area contributed by atoms with Crippen LogP contribution in [0.2, 0.25) is 0 Å². The fourth-order valence-corrected chi connectivity index (χ4v) is 10.7. The molecule has 1 heterocycles. The SMILES string of the molecule is c1ccc(-c2nc(-c3cccc(C4(c5ccccc5)c5ccccc5-c5ccccc54)c3)cc(-c3cccc(C4(c5ccccc5)c5ccccc5-c5ccccc54)c3)n2)cc1. The van der Waals surface area contributed by atoms with E-state index in [4.69, 9.17) is 9.97 Å². The zero-order valence-corrected chi connectivity index (χ0v) is 34.0. The molecule has 0 radical (unpaired) electrons. The number of benzene rings is 9. The minimum absolute atomic E-state index is 0.517. The Morgan fingerprint density at radius 1 is 0.242 bits per heavy atom. The fraction of sp³-hybridized carbons (Fsp3) is 0.0333. The van der Waals surface area contributed by atoms with E-state index in [1.54, 1.807) is 0 Å². The van der Waals surface area contributed by atoms with E-state index >= 15 is 0 Å². The molecule has 10 aromatic rings. The summed E-state index contributed by atoms with van der Waals surface area (Å²) >= 11 is 0. The van der Waals surface area contributed by atoms with E-state index in [0.29, 0.717) is 5.82 Å². The highest BCUT2D eigenvalue weighted by molar-refractivity contribution is 5.88. The van der Waals surface area contributed by atoms with E-state index in [9.17, 15) is 0 Å². The maximum absolute atomic E-state index is 5.36. The second kappa shape index (κ2) is 14.4. The normalized spacial score (nSPS) is 13.7. The predicted molar refractivity (Wildman–Crippen MR) is 253 cm³/mol. The fourth-order valence-electron chi connectivity index (χ4n) is 10.7. The van der Waals surface area contributed by atoms with Gasteiger partial charge in [-0.05, 0) is 85.0 Å². The summed E-state index contributed by atoms with van der Waals surface area (Å²) in [5, 5.41) is 0. The van der Waals surface area contributed by atoms with Gasteiger partial charge in [-0.3, -0.25) is 0 Å². The predicted octanol–water partition coefficient (Wildman–Crippen LogP) is 14.2. The summed E-state index contributed by atoms with van der Waals surface area (Å²) in [6.07, 6.45) is 0. The van der Waals surface area contributed by atoms with Crippen LogP contribution in [0.4, 0.5) is 0 Å². The third-order valence-electron chi connectivity index (χ3n) is 13.3. The highest BCUT2D eigenvalue weighted by atomic mass is 14.9. The topological polar surface area (TPSA) is 25.8 Å². The van der Waals surface area contributed by atoms with Crippen molar-refractivity contribution in [1.29, 1.82) is 0 Å². The van der Waals surface area contributed by atoms with Crippen LogP contribution >= 0.6 is 0 Å². The molecule has 0 saturated carbocycles. The molecule has 0 bridgehead atoms. The molecule has 0 saturated heterocycles. The zero-order valence-electron chi connectivity index (χ0n) is 34.0. The minimum Gasteiger partial charge on any atom is -0.228 e. The standard InChI is InChI=1S/C60H40N2/c1-4-20-41(21-5-1)58-61-56(42-22-18-28-46(38-42)59(44-24-6-2-7-25-44)52-34-14-10-30-48(52)49-31-11-15-35-53(49)59)40-57(62-58)43-23-19-29-47(39-43)60(45-26-8-3-9-27-45)54-36-16-12-32-50(54)51-33-13-17-37-55(51)60/h1-40H. The van der Waals surface area contributed by atoms with Crippen molar-refractivity contribution in [2.75, 3.05) is 0 Å². The molecular formula is C60H40N2. The van der Waals surface area contributed by atoms with E-state index in [2.05, 4.69) is 237 Å². The van der Waals surface area contributed by atoms with Crippen LogP contribution in [-0.2, 0) is 10.8 Å². The molecule has 0 amide bonds. The molecule has 2 aliphatic carbocycles. The molecule has 0 atom stereocenters. The van der Waals surface area contributed by atoms with E-state index in [-0.39, 0.29) is 0 Å². The summed E-state index contributed by atoms with van der Waals surface area (Å²) in [6, 6.07) is 88.2. The first kappa shape index (κ1) is 36.0. The van der Waals surface area contributed by atoms with Crippen LogP contribution in [0.1, 0.15) is 44.5 Å². The molecule has 0 N–H and O–H groups in total. The van der Waals surface area contributed by atoms with Crippen molar-refractivity contribution in [1.82, 2.24) is 9.97 Å². The van der Waals surface area contributed by atoms with E-state index < -0.39 is 10.8 Å². The summed E-state index contributed by atoms with van der Waals surface area (Å²) in [5.74, 6) is 0.692. The lowest BCUT2D eigenvalue weighted by atomic mass is 9.67. The Bertz CT molecular complexity index is 3010. The van der Waals surface area contributed by atoms with Crippen LogP contribution in [0.15, 0.2) is 243 Å². The van der Waals surface area contributed by atoms with Gasteiger partial charge in [0, 0.05) is 16.7 Å². The Labute approximate surface area is 362 Å². The molecule has 1 aromatic heterocycles. The summed E-state index contributed by atoms with van der Waals surface area (Å²) in [4.78, 5) is 10.7. The molecule has 0 spiro atoms. The lowest BCUT2D eigenvalue weighted by Gasteiger charge is -2.34. The average molecular weight is 789 g/mol. The average Bonchev–Trinajstić information content (AvgIpc) is 3.84. The molecule has 2 nitrogen and oxygen atoms in total. The summed E-state index contributed by atoms with van der Waals surface area (Å²) < 4.78 is 0. The molecule has 290 valence electrons. The lowest BCUT2D eigenvalue weighted by Crippen LogP contribution is -2.28. The molecule has 0 aliphatic heterocycles. The van der Waals surface area contributed by atoms with Crippen LogP contribution in [0, 0.1) is 0 Å². The number of rotatable bonds is 7. The highest BCUT2D eigenvalue weighted by Crippen LogP contribution is 2.58. The van der Waals surface area contributed by atoms with Crippen molar-refractivity contribution in [3.05, 3.63) is 287 Å². The number of aromatic nitrogens is 2. The third kappa shape index (κ3) is 5.30. The number of hydrogen-bond acceptors (Lipinski definition) is 2. The minimum atomic E-state index is -0.517. The highest BCUT2D eigenvalue weighted by Gasteiger charge is 2.47. The number of fused-ring (bicyclic) bond motifs is 6. The van der Waals surface area contributed by atoms with Crippen molar-refractivity contribution >= 4 is 0 Å². The molecular weight excluding hydrogens is 749 g/mol. The van der Waals surface area contributed by atoms with Crippen molar-refractivity contribution in [2.24, 2.45) is 0 Å². The smallest absolute Gasteiger partial charge is 0.160 e. The molecule has 12 rings (SSSR count). The van der Waals surface area contributed by atoms with Crippen molar-refractivity contribution in [3.63, 3.8) is 0 Å². The van der Waals surface area contributed by atoms with E-state index in [1.165, 1.54) is 66.8 Å². The van der Waals surface area contributed by atoms with Gasteiger partial charge in [-0.15, -0.1) is 0 Å². The van der Waals surface area contributed by atoms with Gasteiger partial charge in [-0.25, -0.2) is 9.97 Å². The van der Waals surface area contributed by atoms with Gasteiger partial charge in [0.2, 0.25) is 0 Å². The van der Waals surface area contributed by atoms with E-state index in [1.807, 2.05) is 6.07 Å². The maximum Gasteiger partial charge on any atom is 0.160 e. The van der Waals surface area contributed by atoms with Crippen molar-refractivity contribution in [2.45, 2.75) is 10.8 Å². The largest absolute Gasteiger partial charge is 0.228 e. The van der Waals surface area contributed by atoms with Gasteiger partial charge < -0.3 is 0 Å². The van der Waals surface area contributed by atoms with E-state index in [0.717, 1.165) is 28.1 Å². The number of hydrogen-bond donors (Lipinski definition) is 0. The molecule has 2 heteroatoms. The molecule has 9 aromatic carbocycles. The van der Waals surface area contributed by atoms with Gasteiger partial charge in [-0.2, -0.15) is 0 Å². The first-order valence-electron chi connectivity index (χ1n) is 21.4. The van der Waals surface area contributed by atoms with Gasteiger partial charge in [0.15, 0.2) is 5.82 Å². The Morgan fingerprint density at radius 2 is 0.548 bits per heavy atom. The third-order valence-corrected chi connectivity index (χ3v) is 13.3. The van der Waals surface area contributed by atoms with Crippen molar-refractivity contribution in [3.8, 4) is 56.2 Å². The van der Waals surface area contributed by atoms with Gasteiger partial charge in [-0.1, -0.05) is 224 Å². The van der Waals surface area contributed by atoms with Gasteiger partial charge in [0.1, 0.15) is 0 Å². The van der Waals surface area contributed by atoms with Crippen LogP contribution in [0.5, 0.6) is 0 Å². The summed E-state index contributed by atoms with van der Waals surface area (Å²) in [6.45, 7) is 0. The molecule has 0 fully saturated rings. The summed E-state index contributed by atoms with van der Waals surface area (Å²) in [5.41, 5.74) is 18.9. The second-order valence-corrected chi connectivity index (χ2v) is 16.4. The van der Waals surface area contributed by atoms with Gasteiger partial charge >= 0.3 is 0 Å². The number of nitrogens with zero attached hydrogens (tertiary/aromatic N) is 2. The zero-order chi connectivity index (χ0) is 41.1. The first-order valence-corrected chi connectivity index (χ1v) is 21.4. The Morgan fingerprint density at radius 3 is 0.935 bits per heavy atom. The van der Waals surface area contributed by atoms with Gasteiger partial charge in [0.25, 0.3) is 0 Å². The Hall–Kier alpha value is -7.94. The van der Waals surface area contributed by atoms with Gasteiger partial charge in [0.05, 0.1) is 22.2 Å².